The summed E-state index contributed by atoms with van der Waals surface area (Å²) in [5, 5.41) is 22.6. The van der Waals surface area contributed by atoms with Gasteiger partial charge in [0.05, 0.1) is 12.6 Å². The van der Waals surface area contributed by atoms with Crippen molar-refractivity contribution < 1.29 is 38.7 Å². The maximum absolute atomic E-state index is 13.6. The molecule has 1 aliphatic rings. The lowest BCUT2D eigenvalue weighted by Crippen LogP contribution is -2.58. The molecule has 0 unspecified atom stereocenters. The highest BCUT2D eigenvalue weighted by Gasteiger charge is 2.38. The van der Waals surface area contributed by atoms with Crippen molar-refractivity contribution in [3.63, 3.8) is 0 Å². The highest BCUT2D eigenvalue weighted by molar-refractivity contribution is 7.98. The number of carboxylic acids is 1. The van der Waals surface area contributed by atoms with Gasteiger partial charge in [-0.05, 0) is 88.7 Å². The Kier molecular flexibility index (Phi) is 24.4. The second-order valence-electron chi connectivity index (χ2n) is 14.3. The molecular formula is C35H66N14O8S. The fourth-order valence-corrected chi connectivity index (χ4v) is 6.51. The number of carbonyl (C=O) groups excluding carboxylic acids is 6. The van der Waals surface area contributed by atoms with Gasteiger partial charge in [-0.2, -0.15) is 11.8 Å². The number of rotatable bonds is 28. The van der Waals surface area contributed by atoms with Gasteiger partial charge in [0.15, 0.2) is 11.9 Å². The van der Waals surface area contributed by atoms with Crippen molar-refractivity contribution in [1.82, 2.24) is 31.5 Å². The molecule has 0 aliphatic carbocycles. The van der Waals surface area contributed by atoms with E-state index in [0.29, 0.717) is 63.9 Å². The summed E-state index contributed by atoms with van der Waals surface area (Å²) < 4.78 is 0. The number of aliphatic imine (C=N–C) groups is 2. The van der Waals surface area contributed by atoms with Gasteiger partial charge in [0.1, 0.15) is 30.2 Å². The van der Waals surface area contributed by atoms with Gasteiger partial charge in [-0.25, -0.2) is 4.79 Å². The molecule has 58 heavy (non-hydrogen) atoms. The van der Waals surface area contributed by atoms with E-state index in [1.54, 1.807) is 20.1 Å². The van der Waals surface area contributed by atoms with Crippen LogP contribution < -0.4 is 61.0 Å². The molecule has 6 amide bonds. The zero-order valence-corrected chi connectivity index (χ0v) is 34.7. The molecule has 23 heteroatoms. The predicted octanol–water partition coefficient (Wildman–Crippen LogP) is -3.91. The summed E-state index contributed by atoms with van der Waals surface area (Å²) in [6.45, 7) is 3.99. The second-order valence-corrected chi connectivity index (χ2v) is 15.3. The van der Waals surface area contributed by atoms with Crippen LogP contribution >= 0.6 is 11.8 Å². The summed E-state index contributed by atoms with van der Waals surface area (Å²) >= 11 is 1.41. The Balaban J connectivity index is 2.98. The van der Waals surface area contributed by atoms with Crippen LogP contribution in [0.2, 0.25) is 0 Å². The average molecular weight is 843 g/mol. The number of nitrogens with zero attached hydrogens (tertiary/aromatic N) is 3. The molecule has 0 saturated carbocycles. The molecule has 0 spiro atoms. The van der Waals surface area contributed by atoms with Crippen molar-refractivity contribution in [2.24, 2.45) is 50.3 Å². The van der Waals surface area contributed by atoms with Crippen LogP contribution in [0.1, 0.15) is 78.1 Å². The van der Waals surface area contributed by atoms with E-state index in [-0.39, 0.29) is 44.1 Å². The Labute approximate surface area is 344 Å². The molecule has 18 N–H and O–H groups in total. The van der Waals surface area contributed by atoms with E-state index in [2.05, 4.69) is 36.6 Å². The summed E-state index contributed by atoms with van der Waals surface area (Å²) in [5.74, 6) is -5.19. The first kappa shape index (κ1) is 51.1. The zero-order valence-electron chi connectivity index (χ0n) is 33.9. The first-order chi connectivity index (χ1) is 27.4. The third-order valence-electron chi connectivity index (χ3n) is 9.20. The monoisotopic (exact) mass is 842 g/mol. The number of unbranched alkanes of at least 4 members (excludes halogenated alkanes) is 1. The van der Waals surface area contributed by atoms with Gasteiger partial charge in [0.25, 0.3) is 0 Å². The molecule has 1 aliphatic heterocycles. The topological polar surface area (TPSA) is 384 Å². The van der Waals surface area contributed by atoms with E-state index >= 15 is 0 Å². The molecule has 0 bridgehead atoms. The summed E-state index contributed by atoms with van der Waals surface area (Å²) in [6.07, 6.45) is 5.13. The number of amides is 6. The maximum Gasteiger partial charge on any atom is 0.326 e. The van der Waals surface area contributed by atoms with Gasteiger partial charge in [0.2, 0.25) is 35.4 Å². The SMILES string of the molecule is CSCC[C@H](NC(=O)CNC(=O)[C@@H](NC(=O)[C@@H]1CCCN1C(=O)[C@@H](N)CCCN=C(N)N)C(C)C)C(=O)N[C@@H](CCCN=C(N)N)C(=O)N[C@@H](CCCCN)C(=O)O. The van der Waals surface area contributed by atoms with Crippen LogP contribution in [0.25, 0.3) is 0 Å². The number of guanidine groups is 2. The van der Waals surface area contributed by atoms with Gasteiger partial charge >= 0.3 is 5.97 Å². The van der Waals surface area contributed by atoms with Crippen molar-refractivity contribution >= 4 is 65.1 Å². The average Bonchev–Trinajstić information content (AvgIpc) is 3.66. The van der Waals surface area contributed by atoms with Crippen molar-refractivity contribution in [2.45, 2.75) is 114 Å². The maximum atomic E-state index is 13.6. The van der Waals surface area contributed by atoms with E-state index in [1.165, 1.54) is 16.7 Å². The Bertz CT molecular complexity index is 1430. The normalized spacial score (nSPS) is 16.2. The fourth-order valence-electron chi connectivity index (χ4n) is 6.04. The summed E-state index contributed by atoms with van der Waals surface area (Å²) in [6, 6.07) is -6.32. The van der Waals surface area contributed by atoms with Crippen molar-refractivity contribution in [3.8, 4) is 0 Å². The van der Waals surface area contributed by atoms with E-state index in [1.807, 2.05) is 0 Å². The Hall–Kier alpha value is -4.90. The number of hydrogen-bond acceptors (Lipinski definition) is 12. The lowest BCUT2D eigenvalue weighted by atomic mass is 10.0. The largest absolute Gasteiger partial charge is 0.480 e. The molecule has 6 atom stereocenters. The summed E-state index contributed by atoms with van der Waals surface area (Å²) in [5.41, 5.74) is 33.1. The molecule has 22 nitrogen and oxygen atoms in total. The number of likely N-dealkylation sites (tertiary alicyclic amines) is 1. The summed E-state index contributed by atoms with van der Waals surface area (Å²) in [7, 11) is 0. The highest BCUT2D eigenvalue weighted by atomic mass is 32.2. The molecule has 1 heterocycles. The molecular weight excluding hydrogens is 777 g/mol. The van der Waals surface area contributed by atoms with Crippen LogP contribution in [0.15, 0.2) is 9.98 Å². The van der Waals surface area contributed by atoms with E-state index in [9.17, 15) is 38.7 Å². The number of carbonyl (C=O) groups is 7. The van der Waals surface area contributed by atoms with Crippen LogP contribution in [0.5, 0.6) is 0 Å². The highest BCUT2D eigenvalue weighted by Crippen LogP contribution is 2.20. The second kappa shape index (κ2) is 27.7. The lowest BCUT2D eigenvalue weighted by Gasteiger charge is -2.29. The van der Waals surface area contributed by atoms with Gasteiger partial charge in [-0.15, -0.1) is 0 Å². The van der Waals surface area contributed by atoms with Crippen LogP contribution in [-0.4, -0.2) is 144 Å². The van der Waals surface area contributed by atoms with Crippen molar-refractivity contribution in [3.05, 3.63) is 0 Å². The first-order valence-corrected chi connectivity index (χ1v) is 20.9. The van der Waals surface area contributed by atoms with Gasteiger partial charge in [0, 0.05) is 19.6 Å². The fraction of sp³-hybridized carbons (Fsp3) is 0.743. The van der Waals surface area contributed by atoms with E-state index in [4.69, 9.17) is 34.4 Å². The van der Waals surface area contributed by atoms with E-state index in [0.717, 1.165) is 0 Å². The van der Waals surface area contributed by atoms with Gasteiger partial charge in [-0.3, -0.25) is 38.8 Å². The number of hydrogen-bond donors (Lipinski definition) is 12. The Morgan fingerprint density at radius 2 is 1.34 bits per heavy atom. The molecule has 0 aromatic rings. The molecule has 0 radical (unpaired) electrons. The number of aliphatic carboxylic acids is 1. The number of nitrogens with two attached hydrogens (primary N) is 6. The number of nitrogens with one attached hydrogen (secondary N) is 5. The third kappa shape index (κ3) is 19.5. The smallest absolute Gasteiger partial charge is 0.326 e. The van der Waals surface area contributed by atoms with Crippen LogP contribution in [0, 0.1) is 5.92 Å². The Morgan fingerprint density at radius 3 is 1.90 bits per heavy atom. The molecule has 1 rings (SSSR count). The van der Waals surface area contributed by atoms with Crippen molar-refractivity contribution in [1.29, 1.82) is 0 Å². The lowest BCUT2D eigenvalue weighted by molar-refractivity contribution is -0.142. The van der Waals surface area contributed by atoms with Crippen LogP contribution in [0.4, 0.5) is 0 Å². The molecule has 330 valence electrons. The minimum atomic E-state index is -1.24. The molecule has 0 aromatic heterocycles. The summed E-state index contributed by atoms with van der Waals surface area (Å²) in [4.78, 5) is 101. The standard InChI is InChI=1S/C35H66N14O8S/c1-20(2)27(48-30(53)25-12-8-17-49(25)32(55)21(37)9-6-15-42-34(38)39)31(54)44-19-26(50)45-23(13-18-58-3)29(52)46-22(11-7-16-43-35(40)41)28(51)47-24(33(56)57)10-4-5-14-36/h20-25,27H,4-19,36-37H2,1-3H3,(H,44,54)(H,45,50)(H,46,52)(H,47,51)(H,48,53)(H,56,57)(H4,38,39,42)(H4,40,41,43)/t21-,22-,23-,24-,25-,27-/m0/s1. The third-order valence-corrected chi connectivity index (χ3v) is 9.84. The molecule has 1 fully saturated rings. The minimum absolute atomic E-state index is 0.0470. The Morgan fingerprint density at radius 1 is 0.776 bits per heavy atom. The first-order valence-electron chi connectivity index (χ1n) is 19.5. The quantitative estimate of drug-likeness (QED) is 0.0203. The van der Waals surface area contributed by atoms with Crippen molar-refractivity contribution in [2.75, 3.05) is 44.7 Å². The number of carboxylic acid groups (broad SMARTS) is 1. The van der Waals surface area contributed by atoms with Gasteiger partial charge < -0.3 is 71.0 Å². The molecule has 1 saturated heterocycles. The van der Waals surface area contributed by atoms with Gasteiger partial charge in [-0.1, -0.05) is 13.8 Å². The zero-order chi connectivity index (χ0) is 43.8. The van der Waals surface area contributed by atoms with E-state index < -0.39 is 90.1 Å². The van der Waals surface area contributed by atoms with Crippen LogP contribution in [-0.2, 0) is 33.6 Å². The minimum Gasteiger partial charge on any atom is -0.480 e. The molecule has 0 aromatic carbocycles. The predicted molar refractivity (Wildman–Crippen MR) is 222 cm³/mol. The van der Waals surface area contributed by atoms with Crippen LogP contribution in [0.3, 0.4) is 0 Å². The number of thioether (sulfide) groups is 1.